The van der Waals surface area contributed by atoms with Crippen molar-refractivity contribution in [2.45, 2.75) is 25.6 Å². The van der Waals surface area contributed by atoms with Gasteiger partial charge in [-0.25, -0.2) is 4.68 Å². The molecule has 26 heavy (non-hydrogen) atoms. The maximum Gasteiger partial charge on any atom is 0.247 e. The Morgan fingerprint density at radius 2 is 1.88 bits per heavy atom. The molecule has 3 heterocycles. The number of aromatic nitrogens is 2. The first-order chi connectivity index (χ1) is 12.5. The lowest BCUT2D eigenvalue weighted by atomic mass is 10.0. The summed E-state index contributed by atoms with van der Waals surface area (Å²) in [6, 6.07) is 9.24. The molecule has 7 heteroatoms. The van der Waals surface area contributed by atoms with Gasteiger partial charge >= 0.3 is 0 Å². The molecule has 1 aromatic heterocycles. The molecule has 2 aliphatic rings. The topological polar surface area (TPSA) is 61.7 Å². The summed E-state index contributed by atoms with van der Waals surface area (Å²) in [4.78, 5) is 30.6. The first kappa shape index (κ1) is 16.8. The SMILES string of the molecule is C[C@H]1C(=O)N2CCN(Cc3cnn(-c4ccccc4)c3)C[C@@H]2C(=O)N1C. The van der Waals surface area contributed by atoms with Crippen molar-refractivity contribution < 1.29 is 9.59 Å². The van der Waals surface area contributed by atoms with E-state index >= 15 is 0 Å². The predicted octanol–water partition coefficient (Wildman–Crippen LogP) is 0.746. The van der Waals surface area contributed by atoms with Crippen molar-refractivity contribution in [3.8, 4) is 5.69 Å². The Balaban J connectivity index is 1.45. The lowest BCUT2D eigenvalue weighted by Gasteiger charge is -2.47. The number of fused-ring (bicyclic) bond motifs is 1. The van der Waals surface area contributed by atoms with Crippen LogP contribution in [-0.4, -0.2) is 75.1 Å². The van der Waals surface area contributed by atoms with E-state index in [1.807, 2.05) is 47.4 Å². The minimum atomic E-state index is -0.374. The molecule has 0 aliphatic carbocycles. The molecule has 0 bridgehead atoms. The van der Waals surface area contributed by atoms with Crippen molar-refractivity contribution in [1.82, 2.24) is 24.5 Å². The van der Waals surface area contributed by atoms with Crippen LogP contribution in [0.5, 0.6) is 0 Å². The third-order valence-electron chi connectivity index (χ3n) is 5.38. The van der Waals surface area contributed by atoms with Gasteiger partial charge in [0.05, 0.1) is 11.9 Å². The zero-order valence-corrected chi connectivity index (χ0v) is 15.1. The second-order valence-corrected chi connectivity index (χ2v) is 7.04. The second kappa shape index (κ2) is 6.57. The van der Waals surface area contributed by atoms with Crippen LogP contribution >= 0.6 is 0 Å². The molecule has 0 radical (unpaired) electrons. The van der Waals surface area contributed by atoms with Crippen LogP contribution in [0.2, 0.25) is 0 Å². The number of hydrogen-bond donors (Lipinski definition) is 0. The van der Waals surface area contributed by atoms with Gasteiger partial charge in [-0.05, 0) is 19.1 Å². The number of likely N-dealkylation sites (N-methyl/N-ethyl adjacent to an activating group) is 1. The van der Waals surface area contributed by atoms with Crippen molar-refractivity contribution in [3.63, 3.8) is 0 Å². The summed E-state index contributed by atoms with van der Waals surface area (Å²) in [5.74, 6) is 0.0791. The van der Waals surface area contributed by atoms with Gasteiger partial charge in [0.25, 0.3) is 0 Å². The molecular formula is C19H23N5O2. The van der Waals surface area contributed by atoms with E-state index in [0.29, 0.717) is 13.1 Å². The van der Waals surface area contributed by atoms with Gasteiger partial charge in [0.2, 0.25) is 11.8 Å². The summed E-state index contributed by atoms with van der Waals surface area (Å²) in [5, 5.41) is 4.43. The Bertz CT molecular complexity index is 818. The Morgan fingerprint density at radius 1 is 1.12 bits per heavy atom. The highest BCUT2D eigenvalue weighted by molar-refractivity contribution is 5.96. The zero-order valence-electron chi connectivity index (χ0n) is 15.1. The molecule has 2 saturated heterocycles. The Labute approximate surface area is 152 Å². The van der Waals surface area contributed by atoms with Gasteiger partial charge in [-0.1, -0.05) is 18.2 Å². The molecule has 0 saturated carbocycles. The molecule has 0 N–H and O–H groups in total. The van der Waals surface area contributed by atoms with Crippen LogP contribution in [0.4, 0.5) is 0 Å². The number of carbonyl (C=O) groups excluding carboxylic acids is 2. The quantitative estimate of drug-likeness (QED) is 0.817. The number of amides is 2. The average molecular weight is 353 g/mol. The highest BCUT2D eigenvalue weighted by atomic mass is 16.2. The van der Waals surface area contributed by atoms with Crippen LogP contribution in [0, 0.1) is 0 Å². The summed E-state index contributed by atoms with van der Waals surface area (Å²) < 4.78 is 1.86. The lowest BCUT2D eigenvalue weighted by Crippen LogP contribution is -2.68. The summed E-state index contributed by atoms with van der Waals surface area (Å²) in [5.41, 5.74) is 2.12. The summed E-state index contributed by atoms with van der Waals surface area (Å²) >= 11 is 0. The Morgan fingerprint density at radius 3 is 2.65 bits per heavy atom. The van der Waals surface area contributed by atoms with E-state index in [9.17, 15) is 9.59 Å². The highest BCUT2D eigenvalue weighted by Gasteiger charge is 2.44. The van der Waals surface area contributed by atoms with Crippen LogP contribution in [0.1, 0.15) is 12.5 Å². The van der Waals surface area contributed by atoms with Crippen molar-refractivity contribution in [2.75, 3.05) is 26.7 Å². The fourth-order valence-corrected chi connectivity index (χ4v) is 3.71. The lowest BCUT2D eigenvalue weighted by molar-refractivity contribution is -0.163. The Hall–Kier alpha value is -2.67. The minimum Gasteiger partial charge on any atom is -0.332 e. The van der Waals surface area contributed by atoms with Gasteiger partial charge in [0.1, 0.15) is 12.1 Å². The molecule has 0 unspecified atom stereocenters. The normalized spacial score (nSPS) is 24.1. The molecule has 4 rings (SSSR count). The fourth-order valence-electron chi connectivity index (χ4n) is 3.71. The standard InChI is InChI=1S/C19H23N5O2/c1-14-18(25)23-9-8-22(13-17(23)19(26)21(14)2)11-15-10-20-24(12-15)16-6-4-3-5-7-16/h3-7,10,12,14,17H,8-9,11,13H2,1-2H3/t14-,17+/m0/s1. The van der Waals surface area contributed by atoms with Crippen LogP contribution in [0.15, 0.2) is 42.7 Å². The van der Waals surface area contributed by atoms with Gasteiger partial charge in [-0.3, -0.25) is 14.5 Å². The fraction of sp³-hybridized carbons (Fsp3) is 0.421. The molecule has 7 nitrogen and oxygen atoms in total. The molecule has 2 amide bonds. The molecule has 136 valence electrons. The van der Waals surface area contributed by atoms with E-state index in [0.717, 1.165) is 24.3 Å². The first-order valence-corrected chi connectivity index (χ1v) is 8.93. The third-order valence-corrected chi connectivity index (χ3v) is 5.38. The van der Waals surface area contributed by atoms with Gasteiger partial charge < -0.3 is 9.80 Å². The molecule has 2 aromatic rings. The van der Waals surface area contributed by atoms with Crippen LogP contribution < -0.4 is 0 Å². The number of benzene rings is 1. The highest BCUT2D eigenvalue weighted by Crippen LogP contribution is 2.22. The van der Waals surface area contributed by atoms with E-state index in [1.165, 1.54) is 0 Å². The molecule has 2 aliphatic heterocycles. The van der Waals surface area contributed by atoms with Gasteiger partial charge in [0, 0.05) is 45.0 Å². The largest absolute Gasteiger partial charge is 0.332 e. The third kappa shape index (κ3) is 2.88. The average Bonchev–Trinajstić information content (AvgIpc) is 3.14. The van der Waals surface area contributed by atoms with Crippen molar-refractivity contribution in [3.05, 3.63) is 48.3 Å². The van der Waals surface area contributed by atoms with Crippen molar-refractivity contribution in [1.29, 1.82) is 0 Å². The number of nitrogens with zero attached hydrogens (tertiary/aromatic N) is 5. The van der Waals surface area contributed by atoms with E-state index in [1.54, 1.807) is 23.8 Å². The van der Waals surface area contributed by atoms with E-state index in [2.05, 4.69) is 10.00 Å². The van der Waals surface area contributed by atoms with Crippen molar-refractivity contribution in [2.24, 2.45) is 0 Å². The monoisotopic (exact) mass is 353 g/mol. The molecule has 1 aromatic carbocycles. The summed E-state index contributed by atoms with van der Waals surface area (Å²) in [6.45, 7) is 4.44. The van der Waals surface area contributed by atoms with Crippen LogP contribution in [0.3, 0.4) is 0 Å². The number of piperazine rings is 2. The zero-order chi connectivity index (χ0) is 18.3. The van der Waals surface area contributed by atoms with E-state index in [4.69, 9.17) is 0 Å². The number of rotatable bonds is 3. The number of para-hydroxylation sites is 1. The first-order valence-electron chi connectivity index (χ1n) is 8.93. The maximum absolute atomic E-state index is 12.6. The molecular weight excluding hydrogens is 330 g/mol. The molecule has 2 atom stereocenters. The molecule has 2 fully saturated rings. The maximum atomic E-state index is 12.6. The number of hydrogen-bond acceptors (Lipinski definition) is 4. The van der Waals surface area contributed by atoms with Crippen molar-refractivity contribution >= 4 is 11.8 Å². The smallest absolute Gasteiger partial charge is 0.247 e. The minimum absolute atomic E-state index is 0.0294. The van der Waals surface area contributed by atoms with Gasteiger partial charge in [0.15, 0.2) is 0 Å². The van der Waals surface area contributed by atoms with Crippen LogP contribution in [-0.2, 0) is 16.1 Å². The number of carbonyl (C=O) groups is 2. The summed E-state index contributed by atoms with van der Waals surface area (Å²) in [7, 11) is 1.71. The molecule has 0 spiro atoms. The van der Waals surface area contributed by atoms with Crippen LogP contribution in [0.25, 0.3) is 5.69 Å². The Kier molecular flexibility index (Phi) is 4.24. The predicted molar refractivity (Wildman–Crippen MR) is 96.6 cm³/mol. The van der Waals surface area contributed by atoms with E-state index in [-0.39, 0.29) is 23.9 Å². The van der Waals surface area contributed by atoms with Gasteiger partial charge in [-0.2, -0.15) is 5.10 Å². The van der Waals surface area contributed by atoms with E-state index < -0.39 is 0 Å². The van der Waals surface area contributed by atoms with Gasteiger partial charge in [-0.15, -0.1) is 0 Å². The second-order valence-electron chi connectivity index (χ2n) is 7.04. The summed E-state index contributed by atoms with van der Waals surface area (Å²) in [6.07, 6.45) is 3.88.